The first kappa shape index (κ1) is 17.1. The fourth-order valence-electron chi connectivity index (χ4n) is 2.93. The molecule has 2 aromatic carbocycles. The molecule has 4 heteroatoms. The first-order chi connectivity index (χ1) is 12.2. The molecule has 0 aliphatic rings. The van der Waals surface area contributed by atoms with Gasteiger partial charge in [-0.15, -0.1) is 0 Å². The number of rotatable bonds is 7. The summed E-state index contributed by atoms with van der Waals surface area (Å²) in [5, 5.41) is 4.03. The van der Waals surface area contributed by atoms with Gasteiger partial charge in [-0.05, 0) is 54.8 Å². The summed E-state index contributed by atoms with van der Waals surface area (Å²) in [6, 6.07) is 16.0. The normalized spacial score (nSPS) is 10.8. The van der Waals surface area contributed by atoms with Crippen LogP contribution in [0.4, 0.5) is 5.69 Å². The highest BCUT2D eigenvalue weighted by molar-refractivity contribution is 5.92. The topological polar surface area (TPSA) is 43.3 Å². The molecule has 4 nitrogen and oxygen atoms in total. The molecule has 1 amide bonds. The van der Waals surface area contributed by atoms with E-state index in [9.17, 15) is 4.79 Å². The van der Waals surface area contributed by atoms with Gasteiger partial charge in [0.25, 0.3) is 0 Å². The molecular formula is C21H24N2O2. The van der Waals surface area contributed by atoms with Crippen LogP contribution >= 0.6 is 0 Å². The Hall–Kier alpha value is -2.75. The lowest BCUT2D eigenvalue weighted by Crippen LogP contribution is -2.18. The first-order valence-electron chi connectivity index (χ1n) is 8.71. The summed E-state index contributed by atoms with van der Waals surface area (Å²) in [6.07, 6.45) is 5.40. The number of aromatic nitrogens is 1. The van der Waals surface area contributed by atoms with Crippen molar-refractivity contribution in [2.24, 2.45) is 0 Å². The maximum absolute atomic E-state index is 12.3. The molecule has 1 aromatic heterocycles. The van der Waals surface area contributed by atoms with Crippen molar-refractivity contribution in [2.45, 2.75) is 32.7 Å². The first-order valence-corrected chi connectivity index (χ1v) is 8.71. The number of amides is 1. The maximum Gasteiger partial charge on any atom is 0.244 e. The predicted octanol–water partition coefficient (Wildman–Crippen LogP) is 4.63. The molecule has 0 radical (unpaired) electrons. The molecule has 0 fully saturated rings. The SMILES string of the molecule is CCCCc1ccc(NC(=O)Cn2ccc3cc(OC)ccc32)cc1. The summed E-state index contributed by atoms with van der Waals surface area (Å²) in [5.74, 6) is 0.785. The van der Waals surface area contributed by atoms with E-state index in [0.29, 0.717) is 0 Å². The van der Waals surface area contributed by atoms with Crippen LogP contribution in [0.25, 0.3) is 10.9 Å². The predicted molar refractivity (Wildman–Crippen MR) is 102 cm³/mol. The highest BCUT2D eigenvalue weighted by atomic mass is 16.5. The van der Waals surface area contributed by atoms with Crippen molar-refractivity contribution in [1.82, 2.24) is 4.57 Å². The van der Waals surface area contributed by atoms with E-state index in [2.05, 4.69) is 24.4 Å². The second-order valence-corrected chi connectivity index (χ2v) is 6.22. The summed E-state index contributed by atoms with van der Waals surface area (Å²) in [5.41, 5.74) is 3.17. The van der Waals surface area contributed by atoms with Crippen LogP contribution in [0.5, 0.6) is 5.75 Å². The van der Waals surface area contributed by atoms with Crippen molar-refractivity contribution >= 4 is 22.5 Å². The summed E-state index contributed by atoms with van der Waals surface area (Å²) in [4.78, 5) is 12.3. The second kappa shape index (κ2) is 7.88. The van der Waals surface area contributed by atoms with Gasteiger partial charge in [0.2, 0.25) is 5.91 Å². The van der Waals surface area contributed by atoms with Gasteiger partial charge in [-0.2, -0.15) is 0 Å². The van der Waals surface area contributed by atoms with Crippen LogP contribution in [0.3, 0.4) is 0 Å². The Balaban J connectivity index is 1.64. The Kier molecular flexibility index (Phi) is 5.39. The van der Waals surface area contributed by atoms with Crippen LogP contribution in [0.2, 0.25) is 0 Å². The summed E-state index contributed by atoms with van der Waals surface area (Å²) in [6.45, 7) is 2.48. The largest absolute Gasteiger partial charge is 0.497 e. The van der Waals surface area contributed by atoms with Crippen LogP contribution in [0.1, 0.15) is 25.3 Å². The minimum atomic E-state index is -0.0328. The average molecular weight is 336 g/mol. The zero-order valence-electron chi connectivity index (χ0n) is 14.8. The highest BCUT2D eigenvalue weighted by Gasteiger charge is 2.07. The molecule has 0 atom stereocenters. The molecule has 1 heterocycles. The number of hydrogen-bond acceptors (Lipinski definition) is 2. The summed E-state index contributed by atoms with van der Waals surface area (Å²) in [7, 11) is 1.65. The van der Waals surface area contributed by atoms with Crippen molar-refractivity contribution < 1.29 is 9.53 Å². The van der Waals surface area contributed by atoms with E-state index in [-0.39, 0.29) is 12.5 Å². The molecule has 0 spiro atoms. The number of ether oxygens (including phenoxy) is 1. The zero-order valence-corrected chi connectivity index (χ0v) is 14.8. The van der Waals surface area contributed by atoms with Gasteiger partial charge in [0, 0.05) is 22.8 Å². The van der Waals surface area contributed by atoms with Crippen LogP contribution in [-0.2, 0) is 17.8 Å². The van der Waals surface area contributed by atoms with Crippen molar-refractivity contribution in [3.05, 3.63) is 60.3 Å². The van der Waals surface area contributed by atoms with E-state index in [1.54, 1.807) is 7.11 Å². The van der Waals surface area contributed by atoms with Gasteiger partial charge in [-0.25, -0.2) is 0 Å². The van der Waals surface area contributed by atoms with E-state index in [0.717, 1.165) is 28.8 Å². The van der Waals surface area contributed by atoms with Crippen LogP contribution in [0, 0.1) is 0 Å². The maximum atomic E-state index is 12.3. The summed E-state index contributed by atoms with van der Waals surface area (Å²) < 4.78 is 7.18. The number of benzene rings is 2. The summed E-state index contributed by atoms with van der Waals surface area (Å²) >= 11 is 0. The van der Waals surface area contributed by atoms with Gasteiger partial charge in [0.1, 0.15) is 12.3 Å². The van der Waals surface area contributed by atoms with Gasteiger partial charge < -0.3 is 14.6 Å². The number of nitrogens with zero attached hydrogens (tertiary/aromatic N) is 1. The standard InChI is InChI=1S/C21H24N2O2/c1-3-4-5-16-6-8-18(9-7-16)22-21(24)15-23-13-12-17-14-19(25-2)10-11-20(17)23/h6-14H,3-5,15H2,1-2H3,(H,22,24). The fourth-order valence-corrected chi connectivity index (χ4v) is 2.93. The van der Waals surface area contributed by atoms with Crippen LogP contribution in [0.15, 0.2) is 54.7 Å². The van der Waals surface area contributed by atoms with Gasteiger partial charge in [-0.3, -0.25) is 4.79 Å². The third kappa shape index (κ3) is 4.21. The molecule has 0 aliphatic heterocycles. The molecule has 0 saturated carbocycles. The van der Waals surface area contributed by atoms with E-state index >= 15 is 0 Å². The Morgan fingerprint density at radius 3 is 2.64 bits per heavy atom. The minimum absolute atomic E-state index is 0.0328. The van der Waals surface area contributed by atoms with Crippen LogP contribution < -0.4 is 10.1 Å². The Morgan fingerprint density at radius 1 is 1.12 bits per heavy atom. The molecule has 0 saturated heterocycles. The van der Waals surface area contributed by atoms with E-state index in [1.807, 2.05) is 47.2 Å². The Labute approximate surface area is 148 Å². The molecule has 3 aromatic rings. The smallest absolute Gasteiger partial charge is 0.244 e. The molecule has 3 rings (SSSR count). The van der Waals surface area contributed by atoms with Gasteiger partial charge in [-0.1, -0.05) is 25.5 Å². The van der Waals surface area contributed by atoms with Crippen molar-refractivity contribution in [3.8, 4) is 5.75 Å². The number of aryl methyl sites for hydroxylation is 1. The van der Waals surface area contributed by atoms with Crippen molar-refractivity contribution in [3.63, 3.8) is 0 Å². The monoisotopic (exact) mass is 336 g/mol. The fraction of sp³-hybridized carbons (Fsp3) is 0.286. The lowest BCUT2D eigenvalue weighted by Gasteiger charge is -2.09. The molecule has 1 N–H and O–H groups in total. The third-order valence-corrected chi connectivity index (χ3v) is 4.35. The van der Waals surface area contributed by atoms with E-state index in [4.69, 9.17) is 4.74 Å². The number of nitrogens with one attached hydrogen (secondary N) is 1. The van der Waals surface area contributed by atoms with Gasteiger partial charge >= 0.3 is 0 Å². The zero-order chi connectivity index (χ0) is 17.6. The molecule has 130 valence electrons. The van der Waals surface area contributed by atoms with Crippen molar-refractivity contribution in [1.29, 1.82) is 0 Å². The van der Waals surface area contributed by atoms with E-state index in [1.165, 1.54) is 18.4 Å². The van der Waals surface area contributed by atoms with Gasteiger partial charge in [0.15, 0.2) is 0 Å². The number of carbonyl (C=O) groups is 1. The number of fused-ring (bicyclic) bond motifs is 1. The van der Waals surface area contributed by atoms with Gasteiger partial charge in [0.05, 0.1) is 7.11 Å². The molecular weight excluding hydrogens is 312 g/mol. The second-order valence-electron chi connectivity index (χ2n) is 6.22. The Morgan fingerprint density at radius 2 is 1.92 bits per heavy atom. The quantitative estimate of drug-likeness (QED) is 0.683. The number of anilines is 1. The molecule has 0 unspecified atom stereocenters. The van der Waals surface area contributed by atoms with E-state index < -0.39 is 0 Å². The minimum Gasteiger partial charge on any atom is -0.497 e. The Bertz CT molecular complexity index is 850. The van der Waals surface area contributed by atoms with Crippen molar-refractivity contribution in [2.75, 3.05) is 12.4 Å². The number of methoxy groups -OCH3 is 1. The van der Waals surface area contributed by atoms with Crippen LogP contribution in [-0.4, -0.2) is 17.6 Å². The lowest BCUT2D eigenvalue weighted by atomic mass is 10.1. The average Bonchev–Trinajstić information content (AvgIpc) is 3.03. The number of unbranched alkanes of at least 4 members (excludes halogenated alkanes) is 1. The molecule has 25 heavy (non-hydrogen) atoms. The number of carbonyl (C=O) groups excluding carboxylic acids is 1. The molecule has 0 bridgehead atoms. The number of hydrogen-bond donors (Lipinski definition) is 1. The highest BCUT2D eigenvalue weighted by Crippen LogP contribution is 2.22. The lowest BCUT2D eigenvalue weighted by molar-refractivity contribution is -0.116. The molecule has 0 aliphatic carbocycles. The third-order valence-electron chi connectivity index (χ3n) is 4.35.